The van der Waals surface area contributed by atoms with E-state index in [2.05, 4.69) is 39.9 Å². The molecule has 112 valence electrons. The molecule has 0 aromatic heterocycles. The Balaban J connectivity index is 1.68. The van der Waals surface area contributed by atoms with Crippen LogP contribution in [0.1, 0.15) is 60.3 Å². The van der Waals surface area contributed by atoms with Crippen LogP contribution in [0.5, 0.6) is 0 Å². The summed E-state index contributed by atoms with van der Waals surface area (Å²) in [4.78, 5) is 0. The van der Waals surface area contributed by atoms with E-state index in [9.17, 15) is 0 Å². The van der Waals surface area contributed by atoms with Crippen molar-refractivity contribution in [2.45, 2.75) is 66.4 Å². The van der Waals surface area contributed by atoms with Crippen molar-refractivity contribution in [1.82, 2.24) is 5.32 Å². The first-order valence-corrected chi connectivity index (χ1v) is 8.20. The molecule has 2 saturated carbocycles. The van der Waals surface area contributed by atoms with E-state index >= 15 is 0 Å². The van der Waals surface area contributed by atoms with Crippen molar-refractivity contribution < 1.29 is 4.74 Å². The van der Waals surface area contributed by atoms with E-state index in [1.807, 2.05) is 0 Å². The highest BCUT2D eigenvalue weighted by Gasteiger charge is 2.61. The van der Waals surface area contributed by atoms with Gasteiger partial charge in [-0.2, -0.15) is 0 Å². The summed E-state index contributed by atoms with van der Waals surface area (Å²) >= 11 is 0. The third-order valence-corrected chi connectivity index (χ3v) is 6.21. The van der Waals surface area contributed by atoms with Gasteiger partial charge in [0.1, 0.15) is 0 Å². The molecule has 0 radical (unpaired) electrons. The summed E-state index contributed by atoms with van der Waals surface area (Å²) in [6, 6.07) is 0. The lowest BCUT2D eigenvalue weighted by molar-refractivity contribution is -0.0449. The first kappa shape index (κ1) is 15.3. The maximum absolute atomic E-state index is 6.22. The minimum Gasteiger partial charge on any atom is -0.376 e. The number of hydrogen-bond donors (Lipinski definition) is 1. The molecule has 0 spiro atoms. The number of fused-ring (bicyclic) bond motifs is 2. The van der Waals surface area contributed by atoms with E-state index in [4.69, 9.17) is 4.74 Å². The molecule has 2 heteroatoms. The van der Waals surface area contributed by atoms with Crippen LogP contribution >= 0.6 is 0 Å². The Hall–Kier alpha value is -0.0800. The van der Waals surface area contributed by atoms with Crippen LogP contribution in [-0.4, -0.2) is 25.8 Å². The highest BCUT2D eigenvalue weighted by atomic mass is 16.5. The fourth-order valence-corrected chi connectivity index (χ4v) is 4.17. The summed E-state index contributed by atoms with van der Waals surface area (Å²) < 4.78 is 6.22. The van der Waals surface area contributed by atoms with Crippen LogP contribution in [0.2, 0.25) is 0 Å². The molecule has 19 heavy (non-hydrogen) atoms. The molecule has 3 atom stereocenters. The van der Waals surface area contributed by atoms with E-state index < -0.39 is 0 Å². The molecule has 0 aromatic carbocycles. The Morgan fingerprint density at radius 3 is 2.47 bits per heavy atom. The van der Waals surface area contributed by atoms with Crippen molar-refractivity contribution in [1.29, 1.82) is 0 Å². The van der Waals surface area contributed by atoms with Gasteiger partial charge in [0.2, 0.25) is 0 Å². The molecule has 3 unspecified atom stereocenters. The van der Waals surface area contributed by atoms with Gasteiger partial charge in [0.25, 0.3) is 0 Å². The molecule has 0 aromatic rings. The van der Waals surface area contributed by atoms with Gasteiger partial charge < -0.3 is 10.1 Å². The average Bonchev–Trinajstić information content (AvgIpc) is 2.66. The SMILES string of the molecule is CC(C)CCNCCOC1CC2CCC1(C)C2(C)C. The Morgan fingerprint density at radius 2 is 1.95 bits per heavy atom. The van der Waals surface area contributed by atoms with E-state index in [1.54, 1.807) is 0 Å². The van der Waals surface area contributed by atoms with E-state index in [0.717, 1.165) is 31.5 Å². The number of hydrogen-bond acceptors (Lipinski definition) is 2. The molecule has 1 N–H and O–H groups in total. The summed E-state index contributed by atoms with van der Waals surface area (Å²) in [6.07, 6.45) is 5.81. The summed E-state index contributed by atoms with van der Waals surface area (Å²) in [5.41, 5.74) is 0.887. The number of ether oxygens (including phenoxy) is 1. The molecule has 2 fully saturated rings. The van der Waals surface area contributed by atoms with Crippen molar-refractivity contribution in [2.24, 2.45) is 22.7 Å². The minimum atomic E-state index is 0.412. The lowest BCUT2D eigenvalue weighted by Crippen LogP contribution is -2.38. The first-order valence-electron chi connectivity index (χ1n) is 8.20. The lowest BCUT2D eigenvalue weighted by atomic mass is 9.70. The zero-order chi connectivity index (χ0) is 14.1. The first-order chi connectivity index (χ1) is 8.88. The van der Waals surface area contributed by atoms with Crippen LogP contribution in [0.4, 0.5) is 0 Å². The number of rotatable bonds is 7. The van der Waals surface area contributed by atoms with Gasteiger partial charge in [-0.3, -0.25) is 0 Å². The predicted molar refractivity (Wildman–Crippen MR) is 81.3 cm³/mol. The smallest absolute Gasteiger partial charge is 0.0637 e. The summed E-state index contributed by atoms with van der Waals surface area (Å²) in [5, 5.41) is 3.49. The second-order valence-electron chi connectivity index (χ2n) is 7.90. The topological polar surface area (TPSA) is 21.3 Å². The van der Waals surface area contributed by atoms with Gasteiger partial charge in [-0.1, -0.05) is 34.6 Å². The monoisotopic (exact) mass is 267 g/mol. The van der Waals surface area contributed by atoms with Crippen molar-refractivity contribution in [3.8, 4) is 0 Å². The summed E-state index contributed by atoms with van der Waals surface area (Å²) in [7, 11) is 0. The van der Waals surface area contributed by atoms with Gasteiger partial charge in [0.15, 0.2) is 0 Å². The Labute approximate surface area is 119 Å². The third-order valence-electron chi connectivity index (χ3n) is 6.21. The van der Waals surface area contributed by atoms with Crippen LogP contribution in [0.3, 0.4) is 0 Å². The highest BCUT2D eigenvalue weighted by Crippen LogP contribution is 2.66. The van der Waals surface area contributed by atoms with Gasteiger partial charge in [-0.25, -0.2) is 0 Å². The van der Waals surface area contributed by atoms with Gasteiger partial charge in [0.05, 0.1) is 12.7 Å². The second kappa shape index (κ2) is 5.73. The lowest BCUT2D eigenvalue weighted by Gasteiger charge is -2.39. The van der Waals surface area contributed by atoms with Crippen LogP contribution < -0.4 is 5.32 Å². The quantitative estimate of drug-likeness (QED) is 0.707. The van der Waals surface area contributed by atoms with E-state index in [1.165, 1.54) is 25.7 Å². The molecular formula is C17H33NO. The van der Waals surface area contributed by atoms with Crippen LogP contribution in [0, 0.1) is 22.7 Å². The minimum absolute atomic E-state index is 0.412. The highest BCUT2D eigenvalue weighted by molar-refractivity contribution is 5.11. The largest absolute Gasteiger partial charge is 0.376 e. The Bertz CT molecular complexity index is 300. The zero-order valence-electron chi connectivity index (χ0n) is 13.6. The summed E-state index contributed by atoms with van der Waals surface area (Å²) in [5.74, 6) is 1.68. The molecule has 0 saturated heterocycles. The molecule has 2 rings (SSSR count). The van der Waals surface area contributed by atoms with Gasteiger partial charge in [0, 0.05) is 6.54 Å². The molecule has 2 nitrogen and oxygen atoms in total. The van der Waals surface area contributed by atoms with Gasteiger partial charge >= 0.3 is 0 Å². The molecule has 2 bridgehead atoms. The fraction of sp³-hybridized carbons (Fsp3) is 1.00. The Kier molecular flexibility index (Phi) is 4.62. The van der Waals surface area contributed by atoms with E-state index in [-0.39, 0.29) is 0 Å². The molecule has 0 heterocycles. The van der Waals surface area contributed by atoms with Crippen molar-refractivity contribution in [3.63, 3.8) is 0 Å². The van der Waals surface area contributed by atoms with Crippen molar-refractivity contribution >= 4 is 0 Å². The second-order valence-corrected chi connectivity index (χ2v) is 7.90. The third kappa shape index (κ3) is 2.85. The maximum Gasteiger partial charge on any atom is 0.0637 e. The van der Waals surface area contributed by atoms with Gasteiger partial charge in [-0.15, -0.1) is 0 Å². The van der Waals surface area contributed by atoms with Crippen LogP contribution in [0.25, 0.3) is 0 Å². The van der Waals surface area contributed by atoms with Crippen LogP contribution in [0.15, 0.2) is 0 Å². The predicted octanol–water partition coefficient (Wildman–Crippen LogP) is 3.85. The Morgan fingerprint density at radius 1 is 1.21 bits per heavy atom. The van der Waals surface area contributed by atoms with E-state index in [0.29, 0.717) is 16.9 Å². The fourth-order valence-electron chi connectivity index (χ4n) is 4.17. The molecule has 0 aliphatic heterocycles. The maximum atomic E-state index is 6.22. The molecule has 2 aliphatic rings. The number of nitrogens with one attached hydrogen (secondary N) is 1. The summed E-state index contributed by atoms with van der Waals surface area (Å²) in [6.45, 7) is 14.9. The zero-order valence-corrected chi connectivity index (χ0v) is 13.6. The normalized spacial score (nSPS) is 36.3. The van der Waals surface area contributed by atoms with Crippen molar-refractivity contribution in [3.05, 3.63) is 0 Å². The molecule has 2 aliphatic carbocycles. The standard InChI is InChI=1S/C17H33NO/c1-13(2)7-9-18-10-11-19-15-12-14-6-8-17(15,5)16(14,3)4/h13-15,18H,6-12H2,1-5H3. The van der Waals surface area contributed by atoms with Crippen molar-refractivity contribution in [2.75, 3.05) is 19.7 Å². The molecule has 0 amide bonds. The van der Waals surface area contributed by atoms with Gasteiger partial charge in [-0.05, 0) is 54.9 Å². The molecular weight excluding hydrogens is 234 g/mol. The van der Waals surface area contributed by atoms with Crippen LogP contribution in [-0.2, 0) is 4.74 Å². The average molecular weight is 267 g/mol.